The van der Waals surface area contributed by atoms with Gasteiger partial charge in [-0.1, -0.05) is 25.1 Å². The Kier molecular flexibility index (Phi) is 7.12. The van der Waals surface area contributed by atoms with Gasteiger partial charge in [-0.2, -0.15) is 0 Å². The van der Waals surface area contributed by atoms with Crippen molar-refractivity contribution < 1.29 is 13.2 Å². The lowest BCUT2D eigenvalue weighted by atomic mass is 9.97. The van der Waals surface area contributed by atoms with Crippen LogP contribution in [0.15, 0.2) is 52.0 Å². The zero-order chi connectivity index (χ0) is 21.1. The van der Waals surface area contributed by atoms with E-state index in [2.05, 4.69) is 46.6 Å². The van der Waals surface area contributed by atoms with Crippen molar-refractivity contribution in [2.45, 2.75) is 37.6 Å². The van der Waals surface area contributed by atoms with Gasteiger partial charge in [0.2, 0.25) is 0 Å². The lowest BCUT2D eigenvalue weighted by molar-refractivity contribution is 0.100. The molecule has 1 atom stereocenters. The number of hydrogen-bond donors (Lipinski definition) is 1. The average Bonchev–Trinajstić information content (AvgIpc) is 2.87. The van der Waals surface area contributed by atoms with Crippen LogP contribution in [0, 0.1) is 5.92 Å². The third-order valence-electron chi connectivity index (χ3n) is 4.46. The third kappa shape index (κ3) is 5.68. The molecule has 2 heterocycles. The molecular weight excluding hydrogens is 466 g/mol. The first-order chi connectivity index (χ1) is 12.9. The van der Waals surface area contributed by atoms with Crippen LogP contribution in [-0.2, 0) is 9.05 Å². The molecule has 0 bridgehead atoms. The smallest absolute Gasteiger partial charge is 0.261 e. The van der Waals surface area contributed by atoms with Crippen molar-refractivity contribution in [3.8, 4) is 0 Å². The van der Waals surface area contributed by atoms with Gasteiger partial charge in [-0.25, -0.2) is 13.4 Å². The zero-order valence-corrected chi connectivity index (χ0v) is 19.1. The number of nitrogens with zero attached hydrogens (tertiary/aromatic N) is 2. The Morgan fingerprint density at radius 3 is 2.29 bits per heavy atom. The first kappa shape index (κ1) is 22.6. The minimum Gasteiger partial charge on any atom is -0.365 e. The standard InChI is InChI=1S/C13H18BrN3O.C6H5ClO2S/c1-8-6-13(2,3)17(7-8)12-9(11(15)18)4-5-10(14)16-12;7-10(8,9)6-4-2-1-3-5-6/h4-5,8H,6-7H2,1-3H3,(H2,15,18);1-5H. The van der Waals surface area contributed by atoms with Gasteiger partial charge in [0.25, 0.3) is 15.0 Å². The Morgan fingerprint density at radius 1 is 1.25 bits per heavy atom. The van der Waals surface area contributed by atoms with Crippen LogP contribution in [0.4, 0.5) is 5.82 Å². The number of carbonyl (C=O) groups excluding carboxylic acids is 1. The molecule has 28 heavy (non-hydrogen) atoms. The molecule has 1 aliphatic heterocycles. The maximum absolute atomic E-state index is 11.5. The number of aromatic nitrogens is 1. The van der Waals surface area contributed by atoms with Crippen LogP contribution in [0.1, 0.15) is 37.6 Å². The molecule has 0 radical (unpaired) electrons. The number of benzene rings is 1. The molecule has 1 fully saturated rings. The summed E-state index contributed by atoms with van der Waals surface area (Å²) in [5, 5.41) is 0. The van der Waals surface area contributed by atoms with E-state index in [4.69, 9.17) is 16.4 Å². The molecule has 1 amide bonds. The van der Waals surface area contributed by atoms with Crippen molar-refractivity contribution in [2.75, 3.05) is 11.4 Å². The number of hydrogen-bond acceptors (Lipinski definition) is 5. The fraction of sp³-hybridized carbons (Fsp3) is 0.368. The summed E-state index contributed by atoms with van der Waals surface area (Å²) < 4.78 is 21.9. The van der Waals surface area contributed by atoms with Crippen molar-refractivity contribution in [1.29, 1.82) is 0 Å². The van der Waals surface area contributed by atoms with E-state index >= 15 is 0 Å². The van der Waals surface area contributed by atoms with Gasteiger partial charge in [-0.05, 0) is 66.4 Å². The third-order valence-corrected chi connectivity index (χ3v) is 6.27. The summed E-state index contributed by atoms with van der Waals surface area (Å²) in [4.78, 5) is 18.3. The van der Waals surface area contributed by atoms with Crippen LogP contribution in [0.5, 0.6) is 0 Å². The number of halogens is 2. The van der Waals surface area contributed by atoms with E-state index in [0.29, 0.717) is 17.3 Å². The Morgan fingerprint density at radius 2 is 1.86 bits per heavy atom. The number of anilines is 1. The van der Waals surface area contributed by atoms with Gasteiger partial charge in [0.1, 0.15) is 10.4 Å². The van der Waals surface area contributed by atoms with Gasteiger partial charge in [0, 0.05) is 22.8 Å². The molecule has 6 nitrogen and oxygen atoms in total. The molecule has 1 aromatic carbocycles. The molecule has 1 saturated heterocycles. The lowest BCUT2D eigenvalue weighted by Crippen LogP contribution is -2.40. The van der Waals surface area contributed by atoms with Gasteiger partial charge in [-0.3, -0.25) is 4.79 Å². The summed E-state index contributed by atoms with van der Waals surface area (Å²) in [6.45, 7) is 7.45. The van der Waals surface area contributed by atoms with Crippen LogP contribution in [0.3, 0.4) is 0 Å². The summed E-state index contributed by atoms with van der Waals surface area (Å²) in [5.74, 6) is 0.841. The fourth-order valence-corrected chi connectivity index (χ4v) is 4.46. The van der Waals surface area contributed by atoms with Gasteiger partial charge >= 0.3 is 0 Å². The molecule has 0 aliphatic carbocycles. The van der Waals surface area contributed by atoms with E-state index in [1.807, 2.05) is 0 Å². The van der Waals surface area contributed by atoms with Crippen LogP contribution in [-0.4, -0.2) is 31.4 Å². The predicted octanol–water partition coefficient (Wildman–Crippen LogP) is 4.18. The van der Waals surface area contributed by atoms with Gasteiger partial charge < -0.3 is 10.6 Å². The van der Waals surface area contributed by atoms with E-state index in [-0.39, 0.29) is 10.4 Å². The predicted molar refractivity (Wildman–Crippen MR) is 115 cm³/mol. The average molecular weight is 489 g/mol. The summed E-state index contributed by atoms with van der Waals surface area (Å²) in [7, 11) is 1.50. The second-order valence-electron chi connectivity index (χ2n) is 7.35. The van der Waals surface area contributed by atoms with E-state index < -0.39 is 15.0 Å². The molecule has 1 unspecified atom stereocenters. The summed E-state index contributed by atoms with van der Waals surface area (Å²) >= 11 is 3.36. The number of rotatable bonds is 3. The maximum Gasteiger partial charge on any atom is 0.261 e. The number of amides is 1. The van der Waals surface area contributed by atoms with E-state index in [0.717, 1.165) is 17.6 Å². The Labute approximate surface area is 178 Å². The monoisotopic (exact) mass is 487 g/mol. The summed E-state index contributed by atoms with van der Waals surface area (Å²) in [6, 6.07) is 11.3. The van der Waals surface area contributed by atoms with E-state index in [1.165, 1.54) is 12.1 Å². The molecule has 9 heteroatoms. The van der Waals surface area contributed by atoms with Gasteiger partial charge in [-0.15, -0.1) is 0 Å². The van der Waals surface area contributed by atoms with Crippen LogP contribution in [0.25, 0.3) is 0 Å². The number of nitrogens with two attached hydrogens (primary N) is 1. The highest BCUT2D eigenvalue weighted by molar-refractivity contribution is 9.10. The highest BCUT2D eigenvalue weighted by atomic mass is 79.9. The van der Waals surface area contributed by atoms with Gasteiger partial charge in [0.15, 0.2) is 0 Å². The molecule has 1 aliphatic rings. The molecule has 2 N–H and O–H groups in total. The first-order valence-corrected chi connectivity index (χ1v) is 11.8. The largest absolute Gasteiger partial charge is 0.365 e. The van der Waals surface area contributed by atoms with Crippen molar-refractivity contribution in [3.63, 3.8) is 0 Å². The van der Waals surface area contributed by atoms with Crippen molar-refractivity contribution in [2.24, 2.45) is 11.7 Å². The van der Waals surface area contributed by atoms with E-state index in [1.54, 1.807) is 30.3 Å². The number of primary amides is 1. The van der Waals surface area contributed by atoms with Gasteiger partial charge in [0.05, 0.1) is 10.5 Å². The first-order valence-electron chi connectivity index (χ1n) is 8.65. The highest BCUT2D eigenvalue weighted by Gasteiger charge is 2.38. The Bertz CT molecular complexity index is 952. The minimum atomic E-state index is -3.53. The second kappa shape index (κ2) is 8.80. The fourth-order valence-electron chi connectivity index (χ4n) is 3.37. The van der Waals surface area contributed by atoms with Crippen molar-refractivity contribution in [3.05, 3.63) is 52.6 Å². The molecule has 0 saturated carbocycles. The van der Waals surface area contributed by atoms with E-state index in [9.17, 15) is 13.2 Å². The lowest BCUT2D eigenvalue weighted by Gasteiger charge is -2.33. The SMILES string of the molecule is CC1CN(c2nc(Br)ccc2C(N)=O)C(C)(C)C1.O=S(=O)(Cl)c1ccccc1. The summed E-state index contributed by atoms with van der Waals surface area (Å²) in [6.07, 6.45) is 1.08. The Hall–Kier alpha value is -1.64. The minimum absolute atomic E-state index is 0.00257. The van der Waals surface area contributed by atoms with Crippen molar-refractivity contribution in [1.82, 2.24) is 4.98 Å². The van der Waals surface area contributed by atoms with Crippen LogP contribution >= 0.6 is 26.6 Å². The maximum atomic E-state index is 11.5. The van der Waals surface area contributed by atoms with Crippen LogP contribution in [0.2, 0.25) is 0 Å². The molecule has 152 valence electrons. The number of pyridine rings is 1. The zero-order valence-electron chi connectivity index (χ0n) is 15.9. The second-order valence-corrected chi connectivity index (χ2v) is 10.7. The molecule has 1 aromatic heterocycles. The topological polar surface area (TPSA) is 93.4 Å². The Balaban J connectivity index is 0.000000237. The molecule has 3 rings (SSSR count). The normalized spacial score (nSPS) is 18.3. The number of carbonyl (C=O) groups is 1. The van der Waals surface area contributed by atoms with Crippen LogP contribution < -0.4 is 10.6 Å². The molecule has 0 spiro atoms. The summed E-state index contributed by atoms with van der Waals surface area (Å²) in [5.41, 5.74) is 5.92. The highest BCUT2D eigenvalue weighted by Crippen LogP contribution is 2.37. The molecular formula is C19H23BrClN3O3S. The molecule has 2 aromatic rings. The van der Waals surface area contributed by atoms with Crippen molar-refractivity contribution >= 4 is 47.4 Å². The quantitative estimate of drug-likeness (QED) is 0.517.